The van der Waals surface area contributed by atoms with Gasteiger partial charge in [-0.15, -0.1) is 0 Å². The summed E-state index contributed by atoms with van der Waals surface area (Å²) in [6.07, 6.45) is 0.660. The summed E-state index contributed by atoms with van der Waals surface area (Å²) in [5.41, 5.74) is -0.107. The minimum Gasteiger partial charge on any atom is -0.382 e. The molecule has 0 atom stereocenters. The number of fused-ring (bicyclic) bond motifs is 1. The molecule has 0 saturated heterocycles. The summed E-state index contributed by atoms with van der Waals surface area (Å²) in [6.45, 7) is 7.22. The van der Waals surface area contributed by atoms with Crippen molar-refractivity contribution >= 4 is 36.4 Å². The van der Waals surface area contributed by atoms with Gasteiger partial charge in [-0.2, -0.15) is 13.2 Å². The molecule has 1 aliphatic carbocycles. The summed E-state index contributed by atoms with van der Waals surface area (Å²) < 4.78 is 48.3. The third-order valence-corrected chi connectivity index (χ3v) is 6.94. The molecular formula is C19H27ClF3N3OSi. The number of nitrogens with zero attached hydrogens (tertiary/aromatic N) is 2. The Kier molecular flexibility index (Phi) is 6.31. The fourth-order valence-corrected chi connectivity index (χ4v) is 4.46. The molecule has 2 aromatic rings. The Labute approximate surface area is 169 Å². The highest BCUT2D eigenvalue weighted by atomic mass is 35.5. The normalized spacial score (nSPS) is 16.2. The second-order valence-corrected chi connectivity index (χ2v) is 14.7. The van der Waals surface area contributed by atoms with Crippen molar-refractivity contribution in [1.29, 1.82) is 0 Å². The van der Waals surface area contributed by atoms with E-state index in [-0.39, 0.29) is 29.0 Å². The topological polar surface area (TPSA) is 39.1 Å². The van der Waals surface area contributed by atoms with Crippen LogP contribution >= 0.6 is 11.6 Å². The standard InChI is InChI=1S/C19H27ClF3N3OSi/c1-28(2,3)9-8-27-12-26-11-14(19(21,22)23)17-15(10-16(20)25-18(17)26)24-13-6-4-5-7-13/h10-11,13H,4-9,12H2,1-3H3,(H,24,25). The van der Waals surface area contributed by atoms with Crippen molar-refractivity contribution < 1.29 is 17.9 Å². The smallest absolute Gasteiger partial charge is 0.382 e. The van der Waals surface area contributed by atoms with Crippen LogP contribution in [0.3, 0.4) is 0 Å². The van der Waals surface area contributed by atoms with Gasteiger partial charge in [-0.05, 0) is 25.0 Å². The van der Waals surface area contributed by atoms with E-state index in [1.54, 1.807) is 0 Å². The maximum absolute atomic E-state index is 13.7. The van der Waals surface area contributed by atoms with Gasteiger partial charge < -0.3 is 14.6 Å². The lowest BCUT2D eigenvalue weighted by molar-refractivity contribution is -0.136. The van der Waals surface area contributed by atoms with Crippen LogP contribution in [0, 0.1) is 0 Å². The Morgan fingerprint density at radius 3 is 2.57 bits per heavy atom. The third kappa shape index (κ3) is 5.21. The van der Waals surface area contributed by atoms with Crippen LogP contribution in [0.5, 0.6) is 0 Å². The Bertz CT molecular complexity index is 826. The van der Waals surface area contributed by atoms with E-state index < -0.39 is 19.8 Å². The lowest BCUT2D eigenvalue weighted by Crippen LogP contribution is -2.22. The van der Waals surface area contributed by atoms with Gasteiger partial charge in [0.2, 0.25) is 0 Å². The van der Waals surface area contributed by atoms with Gasteiger partial charge >= 0.3 is 6.18 Å². The second-order valence-electron chi connectivity index (χ2n) is 8.68. The van der Waals surface area contributed by atoms with Crippen molar-refractivity contribution in [3.8, 4) is 0 Å². The third-order valence-electron chi connectivity index (χ3n) is 5.04. The summed E-state index contributed by atoms with van der Waals surface area (Å²) >= 11 is 6.14. The highest BCUT2D eigenvalue weighted by molar-refractivity contribution is 6.76. The van der Waals surface area contributed by atoms with E-state index in [0.717, 1.165) is 37.9 Å². The fraction of sp³-hybridized carbons (Fsp3) is 0.632. The number of hydrogen-bond acceptors (Lipinski definition) is 3. The van der Waals surface area contributed by atoms with Crippen molar-refractivity contribution in [3.05, 3.63) is 23.0 Å². The van der Waals surface area contributed by atoms with Crippen LogP contribution in [-0.2, 0) is 17.6 Å². The molecule has 0 bridgehead atoms. The predicted molar refractivity (Wildman–Crippen MR) is 110 cm³/mol. The monoisotopic (exact) mass is 433 g/mol. The van der Waals surface area contributed by atoms with Crippen molar-refractivity contribution in [3.63, 3.8) is 0 Å². The van der Waals surface area contributed by atoms with E-state index in [2.05, 4.69) is 29.9 Å². The zero-order valence-corrected chi connectivity index (χ0v) is 18.3. The molecule has 0 aromatic carbocycles. The Morgan fingerprint density at radius 1 is 1.29 bits per heavy atom. The van der Waals surface area contributed by atoms with Crippen LogP contribution in [0.2, 0.25) is 30.8 Å². The van der Waals surface area contributed by atoms with Crippen LogP contribution in [0.15, 0.2) is 12.3 Å². The van der Waals surface area contributed by atoms with Crippen molar-refractivity contribution in [2.75, 3.05) is 11.9 Å². The first-order chi connectivity index (χ1) is 13.0. The molecule has 4 nitrogen and oxygen atoms in total. The Balaban J connectivity index is 1.94. The molecule has 1 N–H and O–H groups in total. The first-order valence-electron chi connectivity index (χ1n) is 9.65. The minimum absolute atomic E-state index is 0.0211. The van der Waals surface area contributed by atoms with E-state index in [9.17, 15) is 13.2 Å². The van der Waals surface area contributed by atoms with Gasteiger partial charge in [0.25, 0.3) is 0 Å². The van der Waals surface area contributed by atoms with Gasteiger partial charge in [-0.3, -0.25) is 0 Å². The number of aromatic nitrogens is 2. The summed E-state index contributed by atoms with van der Waals surface area (Å²) in [7, 11) is -1.27. The van der Waals surface area contributed by atoms with Crippen LogP contribution in [0.25, 0.3) is 11.0 Å². The van der Waals surface area contributed by atoms with Gasteiger partial charge in [0.1, 0.15) is 17.5 Å². The number of ether oxygens (including phenoxy) is 1. The molecule has 3 rings (SSSR count). The molecule has 1 saturated carbocycles. The van der Waals surface area contributed by atoms with Gasteiger partial charge in [0.15, 0.2) is 0 Å². The van der Waals surface area contributed by atoms with Crippen molar-refractivity contribution in [1.82, 2.24) is 9.55 Å². The summed E-state index contributed by atoms with van der Waals surface area (Å²) in [4.78, 5) is 4.19. The Morgan fingerprint density at radius 2 is 1.96 bits per heavy atom. The molecule has 9 heteroatoms. The van der Waals surface area contributed by atoms with E-state index >= 15 is 0 Å². The Hall–Kier alpha value is -1.25. The molecule has 28 heavy (non-hydrogen) atoms. The summed E-state index contributed by atoms with van der Waals surface area (Å²) in [5, 5.41) is 3.50. The molecule has 0 radical (unpaired) electrons. The first kappa shape index (κ1) is 21.5. The van der Waals surface area contributed by atoms with Crippen molar-refractivity contribution in [2.45, 2.75) is 70.3 Å². The van der Waals surface area contributed by atoms with Gasteiger partial charge in [0.05, 0.1) is 10.9 Å². The first-order valence-corrected chi connectivity index (χ1v) is 13.7. The second kappa shape index (κ2) is 8.24. The fourth-order valence-electron chi connectivity index (χ4n) is 3.51. The largest absolute Gasteiger partial charge is 0.418 e. The number of halogens is 4. The van der Waals surface area contributed by atoms with Crippen LogP contribution in [0.1, 0.15) is 31.2 Å². The SMILES string of the molecule is C[Si](C)(C)CCOCn1cc(C(F)(F)F)c2c(NC3CCCC3)cc(Cl)nc21. The van der Waals surface area contributed by atoms with Crippen molar-refractivity contribution in [2.24, 2.45) is 0 Å². The van der Waals surface area contributed by atoms with Gasteiger partial charge in [0, 0.05) is 32.6 Å². The lowest BCUT2D eigenvalue weighted by Gasteiger charge is -2.17. The van der Waals surface area contributed by atoms with E-state index in [0.29, 0.717) is 12.3 Å². The van der Waals surface area contributed by atoms with Crippen LogP contribution in [0.4, 0.5) is 18.9 Å². The molecular weight excluding hydrogens is 407 g/mol. The molecule has 2 aromatic heterocycles. The molecule has 1 aliphatic rings. The maximum Gasteiger partial charge on any atom is 0.418 e. The minimum atomic E-state index is -4.48. The average molecular weight is 434 g/mol. The molecule has 0 spiro atoms. The number of rotatable bonds is 7. The van der Waals surface area contributed by atoms with E-state index in [4.69, 9.17) is 16.3 Å². The number of pyridine rings is 1. The molecule has 2 heterocycles. The molecule has 156 valence electrons. The molecule has 0 amide bonds. The van der Waals surface area contributed by atoms with E-state index in [1.165, 1.54) is 10.6 Å². The molecule has 0 unspecified atom stereocenters. The zero-order valence-electron chi connectivity index (χ0n) is 16.5. The molecule has 0 aliphatic heterocycles. The highest BCUT2D eigenvalue weighted by Gasteiger charge is 2.36. The summed E-state index contributed by atoms with van der Waals surface area (Å²) in [5.74, 6) is 0. The maximum atomic E-state index is 13.7. The number of nitrogens with one attached hydrogen (secondary N) is 1. The van der Waals surface area contributed by atoms with Crippen LogP contribution < -0.4 is 5.32 Å². The summed E-state index contributed by atoms with van der Waals surface area (Å²) in [6, 6.07) is 2.61. The lowest BCUT2D eigenvalue weighted by atomic mass is 10.1. The van der Waals surface area contributed by atoms with Crippen LogP contribution in [-0.4, -0.2) is 30.3 Å². The number of hydrogen-bond donors (Lipinski definition) is 1. The van der Waals surface area contributed by atoms with E-state index in [1.807, 2.05) is 0 Å². The quantitative estimate of drug-likeness (QED) is 0.313. The molecule has 1 fully saturated rings. The number of alkyl halides is 3. The predicted octanol–water partition coefficient (Wildman–Crippen LogP) is 6.38. The van der Waals surface area contributed by atoms with Gasteiger partial charge in [-0.25, -0.2) is 4.98 Å². The number of anilines is 1. The highest BCUT2D eigenvalue weighted by Crippen LogP contribution is 2.40. The zero-order chi connectivity index (χ0) is 20.5. The average Bonchev–Trinajstić information content (AvgIpc) is 3.18. The van der Waals surface area contributed by atoms with Gasteiger partial charge in [-0.1, -0.05) is 44.1 Å².